The van der Waals surface area contributed by atoms with E-state index in [1.54, 1.807) is 12.1 Å². The molecule has 0 atom stereocenters. The lowest BCUT2D eigenvalue weighted by Crippen LogP contribution is -2.46. The Bertz CT molecular complexity index is 716. The minimum absolute atomic E-state index is 0.0308. The minimum Gasteiger partial charge on any atom is -0.342 e. The molecular weight excluding hydrogens is 336 g/mol. The lowest BCUT2D eigenvalue weighted by atomic mass is 9.93. The Morgan fingerprint density at radius 1 is 1.00 bits per heavy atom. The lowest BCUT2D eigenvalue weighted by molar-refractivity contribution is -0.138. The van der Waals surface area contributed by atoms with Gasteiger partial charge in [-0.25, -0.2) is 8.42 Å². The number of benzene rings is 1. The molecule has 0 N–H and O–H groups in total. The van der Waals surface area contributed by atoms with Gasteiger partial charge in [-0.15, -0.1) is 0 Å². The Labute approximate surface area is 151 Å². The predicted octanol–water partition coefficient (Wildman–Crippen LogP) is 2.65. The Kier molecular flexibility index (Phi) is 5.49. The highest BCUT2D eigenvalue weighted by Gasteiger charge is 2.34. The van der Waals surface area contributed by atoms with Crippen molar-refractivity contribution in [2.24, 2.45) is 11.8 Å². The van der Waals surface area contributed by atoms with Crippen LogP contribution in [0.1, 0.15) is 38.2 Å². The van der Waals surface area contributed by atoms with Crippen LogP contribution in [0.5, 0.6) is 0 Å². The molecule has 5 nitrogen and oxygen atoms in total. The zero-order valence-corrected chi connectivity index (χ0v) is 16.0. The van der Waals surface area contributed by atoms with E-state index < -0.39 is 10.0 Å². The molecule has 0 radical (unpaired) electrons. The van der Waals surface area contributed by atoms with Gasteiger partial charge in [0.1, 0.15) is 0 Å². The van der Waals surface area contributed by atoms with Crippen molar-refractivity contribution in [2.45, 2.75) is 44.4 Å². The van der Waals surface area contributed by atoms with Gasteiger partial charge in [-0.3, -0.25) is 4.79 Å². The number of aryl methyl sites for hydroxylation is 1. The van der Waals surface area contributed by atoms with E-state index in [0.29, 0.717) is 36.7 Å². The van der Waals surface area contributed by atoms with Crippen molar-refractivity contribution in [3.8, 4) is 0 Å². The highest BCUT2D eigenvalue weighted by atomic mass is 32.2. The van der Waals surface area contributed by atoms with Crippen molar-refractivity contribution in [1.82, 2.24) is 9.21 Å². The number of carbonyl (C=O) groups is 1. The van der Waals surface area contributed by atoms with E-state index >= 15 is 0 Å². The first-order valence-electron chi connectivity index (χ1n) is 9.24. The van der Waals surface area contributed by atoms with Crippen LogP contribution in [-0.4, -0.2) is 49.7 Å². The Morgan fingerprint density at radius 2 is 1.60 bits per heavy atom. The molecular formula is C19H28N2O3S. The maximum Gasteiger partial charge on any atom is 0.243 e. The topological polar surface area (TPSA) is 57.7 Å². The van der Waals surface area contributed by atoms with Crippen molar-refractivity contribution in [1.29, 1.82) is 0 Å². The number of likely N-dealkylation sites (tertiary alicyclic amines) is 1. The van der Waals surface area contributed by atoms with Gasteiger partial charge >= 0.3 is 0 Å². The molecule has 6 heteroatoms. The average Bonchev–Trinajstić information content (AvgIpc) is 2.62. The maximum atomic E-state index is 12.9. The molecule has 2 fully saturated rings. The third-order valence-electron chi connectivity index (χ3n) is 5.61. The first-order valence-corrected chi connectivity index (χ1v) is 10.7. The number of hydrogen-bond acceptors (Lipinski definition) is 3. The largest absolute Gasteiger partial charge is 0.342 e. The summed E-state index contributed by atoms with van der Waals surface area (Å²) in [4.78, 5) is 15.1. The average molecular weight is 365 g/mol. The molecule has 0 bridgehead atoms. The summed E-state index contributed by atoms with van der Waals surface area (Å²) in [5, 5.41) is 0. The summed E-state index contributed by atoms with van der Waals surface area (Å²) in [7, 11) is -3.47. The second-order valence-electron chi connectivity index (χ2n) is 7.45. The number of carbonyl (C=O) groups excluding carboxylic acids is 1. The zero-order valence-electron chi connectivity index (χ0n) is 15.1. The monoisotopic (exact) mass is 364 g/mol. The van der Waals surface area contributed by atoms with E-state index in [1.807, 2.05) is 24.0 Å². The second-order valence-corrected chi connectivity index (χ2v) is 9.36. The van der Waals surface area contributed by atoms with Crippen molar-refractivity contribution in [3.05, 3.63) is 29.8 Å². The van der Waals surface area contributed by atoms with Gasteiger partial charge in [0, 0.05) is 32.1 Å². The Balaban J connectivity index is 1.62. The third kappa shape index (κ3) is 3.90. The molecule has 2 heterocycles. The van der Waals surface area contributed by atoms with Crippen LogP contribution in [0.2, 0.25) is 0 Å². The van der Waals surface area contributed by atoms with Crippen LogP contribution in [0, 0.1) is 18.8 Å². The SMILES string of the molecule is Cc1ccccc1S(=O)(=O)N1CCC(C(=O)N2CCC(C)CC2)CC1. The molecule has 0 saturated carbocycles. The second kappa shape index (κ2) is 7.46. The summed E-state index contributed by atoms with van der Waals surface area (Å²) < 4.78 is 27.2. The van der Waals surface area contributed by atoms with Gasteiger partial charge in [0.2, 0.25) is 15.9 Å². The van der Waals surface area contributed by atoms with Gasteiger partial charge < -0.3 is 4.90 Å². The van der Waals surface area contributed by atoms with E-state index in [4.69, 9.17) is 0 Å². The number of piperidine rings is 2. The van der Waals surface area contributed by atoms with Crippen molar-refractivity contribution >= 4 is 15.9 Å². The van der Waals surface area contributed by atoms with Crippen molar-refractivity contribution < 1.29 is 13.2 Å². The Morgan fingerprint density at radius 3 is 2.20 bits per heavy atom. The third-order valence-corrected chi connectivity index (χ3v) is 7.67. The normalized spacial score (nSPS) is 21.4. The lowest BCUT2D eigenvalue weighted by Gasteiger charge is -2.36. The van der Waals surface area contributed by atoms with Crippen LogP contribution in [0.3, 0.4) is 0 Å². The van der Waals surface area contributed by atoms with Crippen LogP contribution < -0.4 is 0 Å². The standard InChI is InChI=1S/C19H28N2O3S/c1-15-7-11-20(12-8-15)19(22)17-9-13-21(14-10-17)25(23,24)18-6-4-3-5-16(18)2/h3-6,15,17H,7-14H2,1-2H3. The summed E-state index contributed by atoms with van der Waals surface area (Å²) in [6.07, 6.45) is 3.39. The van der Waals surface area contributed by atoms with E-state index in [2.05, 4.69) is 6.92 Å². The fourth-order valence-corrected chi connectivity index (χ4v) is 5.51. The molecule has 1 aromatic rings. The predicted molar refractivity (Wildman–Crippen MR) is 97.6 cm³/mol. The van der Waals surface area contributed by atoms with Crippen LogP contribution in [0.25, 0.3) is 0 Å². The quantitative estimate of drug-likeness (QED) is 0.828. The van der Waals surface area contributed by atoms with Crippen LogP contribution >= 0.6 is 0 Å². The first kappa shape index (κ1) is 18.4. The molecule has 25 heavy (non-hydrogen) atoms. The van der Waals surface area contributed by atoms with E-state index in [-0.39, 0.29) is 11.8 Å². The van der Waals surface area contributed by atoms with Crippen LogP contribution in [0.15, 0.2) is 29.2 Å². The highest BCUT2D eigenvalue weighted by Crippen LogP contribution is 2.27. The van der Waals surface area contributed by atoms with Gasteiger partial charge in [-0.1, -0.05) is 25.1 Å². The maximum absolute atomic E-state index is 12.9. The molecule has 1 amide bonds. The smallest absolute Gasteiger partial charge is 0.243 e. The first-order chi connectivity index (χ1) is 11.9. The fraction of sp³-hybridized carbons (Fsp3) is 0.632. The number of sulfonamides is 1. The van der Waals surface area contributed by atoms with Gasteiger partial charge in [0.05, 0.1) is 4.90 Å². The molecule has 2 aliphatic rings. The van der Waals surface area contributed by atoms with Crippen molar-refractivity contribution in [2.75, 3.05) is 26.2 Å². The number of nitrogens with zero attached hydrogens (tertiary/aromatic N) is 2. The minimum atomic E-state index is -3.47. The number of rotatable bonds is 3. The fourth-order valence-electron chi connectivity index (χ4n) is 3.82. The van der Waals surface area contributed by atoms with Crippen molar-refractivity contribution in [3.63, 3.8) is 0 Å². The van der Waals surface area contributed by atoms with Gasteiger partial charge in [0.25, 0.3) is 0 Å². The van der Waals surface area contributed by atoms with E-state index in [0.717, 1.165) is 31.5 Å². The molecule has 1 aromatic carbocycles. The van der Waals surface area contributed by atoms with Gasteiger partial charge in [0.15, 0.2) is 0 Å². The summed E-state index contributed by atoms with van der Waals surface area (Å²) >= 11 is 0. The molecule has 3 rings (SSSR count). The number of amides is 1. The molecule has 0 unspecified atom stereocenters. The number of hydrogen-bond donors (Lipinski definition) is 0. The van der Waals surface area contributed by atoms with E-state index in [1.165, 1.54) is 4.31 Å². The molecule has 0 spiro atoms. The molecule has 0 aliphatic carbocycles. The zero-order chi connectivity index (χ0) is 18.0. The summed E-state index contributed by atoms with van der Waals surface area (Å²) in [5.41, 5.74) is 0.767. The highest BCUT2D eigenvalue weighted by molar-refractivity contribution is 7.89. The van der Waals surface area contributed by atoms with Crippen LogP contribution in [0.4, 0.5) is 0 Å². The van der Waals surface area contributed by atoms with E-state index in [9.17, 15) is 13.2 Å². The van der Waals surface area contributed by atoms with Crippen LogP contribution in [-0.2, 0) is 14.8 Å². The molecule has 2 aliphatic heterocycles. The molecule has 2 saturated heterocycles. The van der Waals surface area contributed by atoms with Gasteiger partial charge in [-0.05, 0) is 50.2 Å². The summed E-state index contributed by atoms with van der Waals surface area (Å²) in [6.45, 7) is 6.61. The van der Waals surface area contributed by atoms with Gasteiger partial charge in [-0.2, -0.15) is 4.31 Å². The molecule has 0 aromatic heterocycles. The Hall–Kier alpha value is -1.40. The summed E-state index contributed by atoms with van der Waals surface area (Å²) in [6, 6.07) is 7.09. The molecule has 138 valence electrons. The summed E-state index contributed by atoms with van der Waals surface area (Å²) in [5.74, 6) is 0.890.